The molecule has 0 aromatic heterocycles. The van der Waals surface area contributed by atoms with Crippen molar-refractivity contribution in [2.24, 2.45) is 5.92 Å². The maximum absolute atomic E-state index is 12.2. The zero-order valence-corrected chi connectivity index (χ0v) is 13.8. The highest BCUT2D eigenvalue weighted by Gasteiger charge is 2.37. The Bertz CT molecular complexity index is 374. The molecule has 0 unspecified atom stereocenters. The molecule has 2 atom stereocenters. The van der Waals surface area contributed by atoms with Crippen LogP contribution in [0.15, 0.2) is 0 Å². The third-order valence-corrected chi connectivity index (χ3v) is 3.76. The number of amides is 1. The number of rotatable bonds is 4. The van der Waals surface area contributed by atoms with E-state index in [-0.39, 0.29) is 12.6 Å². The Morgan fingerprint density at radius 3 is 2.24 bits per heavy atom. The molecule has 1 rings (SSSR count). The van der Waals surface area contributed by atoms with Crippen LogP contribution >= 0.6 is 0 Å². The van der Waals surface area contributed by atoms with Crippen molar-refractivity contribution < 1.29 is 19.4 Å². The van der Waals surface area contributed by atoms with Gasteiger partial charge in [0.05, 0.1) is 5.92 Å². The number of ether oxygens (including phenoxy) is 1. The van der Waals surface area contributed by atoms with Gasteiger partial charge in [0.25, 0.3) is 0 Å². The molecule has 1 saturated heterocycles. The number of likely N-dealkylation sites (N-methyl/N-ethyl adjacent to an activating group) is 1. The topological polar surface area (TPSA) is 70.1 Å². The first kappa shape index (κ1) is 17.8. The number of hydrogen-bond donors (Lipinski definition) is 1. The Kier molecular flexibility index (Phi) is 6.01. The van der Waals surface area contributed by atoms with Crippen molar-refractivity contribution in [3.05, 3.63) is 0 Å². The molecule has 6 nitrogen and oxygen atoms in total. The molecule has 1 fully saturated rings. The summed E-state index contributed by atoms with van der Waals surface area (Å²) in [7, 11) is 0. The fraction of sp³-hybridized carbons (Fsp3) is 0.867. The van der Waals surface area contributed by atoms with Gasteiger partial charge in [-0.3, -0.25) is 9.69 Å². The zero-order valence-electron chi connectivity index (χ0n) is 13.8. The lowest BCUT2D eigenvalue weighted by Crippen LogP contribution is -2.54. The fourth-order valence-electron chi connectivity index (χ4n) is 2.73. The molecular weight excluding hydrogens is 272 g/mol. The molecule has 1 aliphatic rings. The summed E-state index contributed by atoms with van der Waals surface area (Å²) in [6.07, 6.45) is 0.154. The molecule has 122 valence electrons. The molecule has 0 saturated carbocycles. The number of carboxylic acid groups (broad SMARTS) is 1. The third kappa shape index (κ3) is 5.19. The monoisotopic (exact) mass is 300 g/mol. The highest BCUT2D eigenvalue weighted by atomic mass is 16.6. The van der Waals surface area contributed by atoms with Gasteiger partial charge in [-0.1, -0.05) is 13.8 Å². The first-order valence-electron chi connectivity index (χ1n) is 7.62. The molecule has 1 heterocycles. The summed E-state index contributed by atoms with van der Waals surface area (Å²) >= 11 is 0. The number of carbonyl (C=O) groups is 2. The summed E-state index contributed by atoms with van der Waals surface area (Å²) in [6, 6.07) is 0.0716. The van der Waals surface area contributed by atoms with Crippen LogP contribution in [0, 0.1) is 5.92 Å². The van der Waals surface area contributed by atoms with Crippen LogP contribution in [0.4, 0.5) is 4.79 Å². The van der Waals surface area contributed by atoms with Gasteiger partial charge < -0.3 is 14.7 Å². The zero-order chi connectivity index (χ0) is 16.2. The second-order valence-electron chi connectivity index (χ2n) is 6.53. The SMILES string of the molecule is CCN(CC)[C@H]1C[C@H](C(=O)O)CN(C(=O)OC(C)(C)C)C1. The van der Waals surface area contributed by atoms with Crippen molar-refractivity contribution in [2.45, 2.75) is 52.7 Å². The summed E-state index contributed by atoms with van der Waals surface area (Å²) in [5, 5.41) is 9.32. The smallest absolute Gasteiger partial charge is 0.410 e. The molecule has 21 heavy (non-hydrogen) atoms. The Balaban J connectivity index is 2.83. The van der Waals surface area contributed by atoms with Crippen LogP contribution in [0.5, 0.6) is 0 Å². The summed E-state index contributed by atoms with van der Waals surface area (Å²) in [6.45, 7) is 12.0. The van der Waals surface area contributed by atoms with Crippen molar-refractivity contribution in [3.8, 4) is 0 Å². The summed E-state index contributed by atoms with van der Waals surface area (Å²) in [5.74, 6) is -1.38. The minimum atomic E-state index is -0.847. The molecule has 0 aromatic rings. The first-order chi connectivity index (χ1) is 9.67. The van der Waals surface area contributed by atoms with E-state index >= 15 is 0 Å². The molecule has 0 radical (unpaired) electrons. The molecule has 0 spiro atoms. The molecule has 0 bridgehead atoms. The Morgan fingerprint density at radius 2 is 1.81 bits per heavy atom. The quantitative estimate of drug-likeness (QED) is 0.860. The van der Waals surface area contributed by atoms with Crippen LogP contribution in [0.2, 0.25) is 0 Å². The summed E-state index contributed by atoms with van der Waals surface area (Å²) in [5.41, 5.74) is -0.571. The normalized spacial score (nSPS) is 23.2. The van der Waals surface area contributed by atoms with Crippen molar-refractivity contribution in [3.63, 3.8) is 0 Å². The number of likely N-dealkylation sites (tertiary alicyclic amines) is 1. The lowest BCUT2D eigenvalue weighted by Gasteiger charge is -2.41. The maximum Gasteiger partial charge on any atom is 0.410 e. The van der Waals surface area contributed by atoms with Gasteiger partial charge in [-0.15, -0.1) is 0 Å². The minimum absolute atomic E-state index is 0.0716. The average Bonchev–Trinajstić information content (AvgIpc) is 2.37. The maximum atomic E-state index is 12.2. The molecule has 0 aromatic carbocycles. The fourth-order valence-corrected chi connectivity index (χ4v) is 2.73. The van der Waals surface area contributed by atoms with Crippen molar-refractivity contribution in [1.29, 1.82) is 0 Å². The van der Waals surface area contributed by atoms with E-state index in [0.29, 0.717) is 13.0 Å². The van der Waals surface area contributed by atoms with Crippen molar-refractivity contribution in [1.82, 2.24) is 9.80 Å². The highest BCUT2D eigenvalue weighted by molar-refractivity contribution is 5.73. The molecule has 1 amide bonds. The van der Waals surface area contributed by atoms with E-state index in [9.17, 15) is 14.7 Å². The number of piperidine rings is 1. The van der Waals surface area contributed by atoms with Crippen LogP contribution in [0.25, 0.3) is 0 Å². The Morgan fingerprint density at radius 1 is 1.24 bits per heavy atom. The second-order valence-corrected chi connectivity index (χ2v) is 6.53. The highest BCUT2D eigenvalue weighted by Crippen LogP contribution is 2.23. The number of carboxylic acids is 1. The van der Waals surface area contributed by atoms with E-state index in [4.69, 9.17) is 4.74 Å². The lowest BCUT2D eigenvalue weighted by atomic mass is 9.93. The van der Waals surface area contributed by atoms with E-state index in [1.165, 1.54) is 4.90 Å². The van der Waals surface area contributed by atoms with Crippen LogP contribution in [-0.2, 0) is 9.53 Å². The molecule has 6 heteroatoms. The van der Waals surface area contributed by atoms with Crippen molar-refractivity contribution in [2.75, 3.05) is 26.2 Å². The van der Waals surface area contributed by atoms with E-state index in [0.717, 1.165) is 13.1 Å². The predicted octanol–water partition coefficient (Wildman–Crippen LogP) is 2.04. The van der Waals surface area contributed by atoms with E-state index in [1.807, 2.05) is 34.6 Å². The van der Waals surface area contributed by atoms with Crippen molar-refractivity contribution >= 4 is 12.1 Å². The van der Waals surface area contributed by atoms with Crippen LogP contribution in [-0.4, -0.2) is 64.8 Å². The minimum Gasteiger partial charge on any atom is -0.481 e. The predicted molar refractivity (Wildman–Crippen MR) is 80.3 cm³/mol. The van der Waals surface area contributed by atoms with Gasteiger partial charge in [0.15, 0.2) is 0 Å². The van der Waals surface area contributed by atoms with Crippen LogP contribution in [0.1, 0.15) is 41.0 Å². The number of hydrogen-bond acceptors (Lipinski definition) is 4. The van der Waals surface area contributed by atoms with Gasteiger partial charge in [-0.25, -0.2) is 4.79 Å². The van der Waals surface area contributed by atoms with Gasteiger partial charge in [0.1, 0.15) is 5.60 Å². The van der Waals surface area contributed by atoms with E-state index in [2.05, 4.69) is 4.90 Å². The Labute approximate surface area is 127 Å². The Hall–Kier alpha value is -1.30. The molecule has 1 N–H and O–H groups in total. The van der Waals surface area contributed by atoms with Crippen LogP contribution < -0.4 is 0 Å². The standard InChI is InChI=1S/C15H28N2O4/c1-6-16(7-2)12-8-11(13(18)19)9-17(10-12)14(20)21-15(3,4)5/h11-12H,6-10H2,1-5H3,(H,18,19)/t11-,12-/m0/s1. The number of aliphatic carboxylic acids is 1. The van der Waals surface area contributed by atoms with Gasteiger partial charge in [-0.05, 0) is 40.3 Å². The molecular formula is C15H28N2O4. The molecule has 1 aliphatic heterocycles. The van der Waals surface area contributed by atoms with Gasteiger partial charge in [0.2, 0.25) is 0 Å². The largest absolute Gasteiger partial charge is 0.481 e. The van der Waals surface area contributed by atoms with Gasteiger partial charge in [-0.2, -0.15) is 0 Å². The second kappa shape index (κ2) is 7.11. The summed E-state index contributed by atoms with van der Waals surface area (Å²) < 4.78 is 5.38. The van der Waals surface area contributed by atoms with Crippen LogP contribution in [0.3, 0.4) is 0 Å². The van der Waals surface area contributed by atoms with E-state index < -0.39 is 23.6 Å². The lowest BCUT2D eigenvalue weighted by molar-refractivity contribution is -0.144. The number of nitrogens with zero attached hydrogens (tertiary/aromatic N) is 2. The number of carbonyl (C=O) groups excluding carboxylic acids is 1. The average molecular weight is 300 g/mol. The first-order valence-corrected chi connectivity index (χ1v) is 7.62. The van der Waals surface area contributed by atoms with Gasteiger partial charge in [0, 0.05) is 19.1 Å². The van der Waals surface area contributed by atoms with E-state index in [1.54, 1.807) is 0 Å². The van der Waals surface area contributed by atoms with Gasteiger partial charge >= 0.3 is 12.1 Å². The summed E-state index contributed by atoms with van der Waals surface area (Å²) in [4.78, 5) is 27.3. The third-order valence-electron chi connectivity index (χ3n) is 3.76. The molecule has 0 aliphatic carbocycles.